The van der Waals surface area contributed by atoms with Crippen LogP contribution in [0.3, 0.4) is 0 Å². The summed E-state index contributed by atoms with van der Waals surface area (Å²) in [6.45, 7) is 3.67. The minimum Gasteiger partial charge on any atom is -0.510 e. The summed E-state index contributed by atoms with van der Waals surface area (Å²) >= 11 is 0. The van der Waals surface area contributed by atoms with Crippen molar-refractivity contribution in [1.29, 1.82) is 0 Å². The predicted molar refractivity (Wildman–Crippen MR) is 155 cm³/mol. The van der Waals surface area contributed by atoms with Gasteiger partial charge in [0.1, 0.15) is 28.6 Å². The number of methoxy groups -OCH3 is 1. The Morgan fingerprint density at radius 2 is 1.88 bits per heavy atom. The molecule has 0 aromatic heterocycles. The molecule has 11 heteroatoms. The van der Waals surface area contributed by atoms with Gasteiger partial charge in [-0.05, 0) is 74.2 Å². The van der Waals surface area contributed by atoms with Crippen molar-refractivity contribution >= 4 is 17.5 Å². The van der Waals surface area contributed by atoms with Gasteiger partial charge in [-0.3, -0.25) is 19.3 Å². The average Bonchev–Trinajstić information content (AvgIpc) is 2.94. The van der Waals surface area contributed by atoms with E-state index >= 15 is 0 Å². The SMILES string of the molecule is C=CCC(O)c1ccc(OC)c(-c2ccc(O)c3c2C[C@@H]2C[C@@H]4[C@@H](N(C)C)C(O)=C(C(N)=O)C(=O)[C@]4(O)C(O)=C2C3=O)c1. The van der Waals surface area contributed by atoms with Crippen molar-refractivity contribution in [3.8, 4) is 22.6 Å². The number of phenols is 1. The van der Waals surface area contributed by atoms with Gasteiger partial charge in [0.2, 0.25) is 5.78 Å². The fourth-order valence-electron chi connectivity index (χ4n) is 6.94. The van der Waals surface area contributed by atoms with Crippen molar-refractivity contribution in [3.63, 3.8) is 0 Å². The van der Waals surface area contributed by atoms with Crippen LogP contribution in [0.5, 0.6) is 11.5 Å². The maximum atomic E-state index is 14.1. The van der Waals surface area contributed by atoms with Gasteiger partial charge in [-0.2, -0.15) is 0 Å². The van der Waals surface area contributed by atoms with Crippen LogP contribution in [0, 0.1) is 11.8 Å². The maximum absolute atomic E-state index is 14.1. The van der Waals surface area contributed by atoms with Crippen LogP contribution in [0.4, 0.5) is 0 Å². The van der Waals surface area contributed by atoms with Crippen LogP contribution >= 0.6 is 0 Å². The molecule has 0 spiro atoms. The smallest absolute Gasteiger partial charge is 0.255 e. The van der Waals surface area contributed by atoms with Gasteiger partial charge in [0, 0.05) is 17.1 Å². The number of hydrogen-bond acceptors (Lipinski definition) is 10. The highest BCUT2D eigenvalue weighted by Gasteiger charge is 2.63. The zero-order valence-corrected chi connectivity index (χ0v) is 24.0. The molecular weight excluding hydrogens is 556 g/mol. The topological polar surface area (TPSA) is 191 Å². The van der Waals surface area contributed by atoms with Crippen molar-refractivity contribution < 1.29 is 44.7 Å². The van der Waals surface area contributed by atoms with Crippen LogP contribution in [0.1, 0.15) is 40.4 Å². The van der Waals surface area contributed by atoms with Crippen LogP contribution in [0.25, 0.3) is 11.1 Å². The fraction of sp³-hybridized carbons (Fsp3) is 0.344. The van der Waals surface area contributed by atoms with E-state index in [0.717, 1.165) is 0 Å². The molecule has 0 saturated heterocycles. The van der Waals surface area contributed by atoms with Gasteiger partial charge in [-0.1, -0.05) is 18.2 Å². The number of aliphatic hydroxyl groups excluding tert-OH is 3. The number of rotatable bonds is 7. The quantitative estimate of drug-likeness (QED) is 0.206. The molecule has 3 aliphatic carbocycles. The van der Waals surface area contributed by atoms with E-state index in [2.05, 4.69) is 6.58 Å². The Hall–Kier alpha value is -4.45. The maximum Gasteiger partial charge on any atom is 0.255 e. The number of ether oxygens (including phenoxy) is 1. The first-order valence-electron chi connectivity index (χ1n) is 13.8. The van der Waals surface area contributed by atoms with Gasteiger partial charge < -0.3 is 36.0 Å². The Morgan fingerprint density at radius 1 is 1.19 bits per heavy atom. The number of phenolic OH excluding ortho intramolecular Hbond substituents is 1. The summed E-state index contributed by atoms with van der Waals surface area (Å²) in [6.07, 6.45) is 1.15. The van der Waals surface area contributed by atoms with E-state index in [4.69, 9.17) is 10.5 Å². The number of aliphatic hydroxyl groups is 4. The zero-order chi connectivity index (χ0) is 31.5. The van der Waals surface area contributed by atoms with Crippen molar-refractivity contribution in [1.82, 2.24) is 4.90 Å². The van der Waals surface area contributed by atoms with Gasteiger partial charge in [-0.25, -0.2) is 0 Å². The van der Waals surface area contributed by atoms with E-state index < -0.39 is 64.1 Å². The van der Waals surface area contributed by atoms with E-state index in [1.807, 2.05) is 0 Å². The molecule has 0 saturated carbocycles. The summed E-state index contributed by atoms with van der Waals surface area (Å²) in [5.74, 6) is -6.69. The Labute approximate surface area is 247 Å². The first kappa shape index (κ1) is 30.0. The van der Waals surface area contributed by atoms with Gasteiger partial charge in [-0.15, -0.1) is 6.58 Å². The number of aromatic hydroxyl groups is 1. The number of ketones is 2. The Bertz CT molecular complexity index is 1640. The molecule has 0 aliphatic heterocycles. The molecule has 0 fully saturated rings. The standard InChI is InChI=1S/C32H34N2O9/c1-5-6-20(35)14-7-10-22(43-4)17(11-14)16-8-9-21(36)24-18(16)12-15-13-19-26(34(2)3)28(38)25(31(33)41)30(40)32(19,42)29(39)23(15)27(24)37/h5,7-11,15,19-20,26,35-36,38-39,42H,1,6,12-13H2,2-4H3,(H2,33,41)/t15-,19-,20?,26-,32-/m1/s1. The molecule has 11 nitrogen and oxygen atoms in total. The summed E-state index contributed by atoms with van der Waals surface area (Å²) in [4.78, 5) is 41.2. The van der Waals surface area contributed by atoms with Crippen LogP contribution in [-0.4, -0.2) is 80.8 Å². The van der Waals surface area contributed by atoms with Crippen LogP contribution in [0.2, 0.25) is 0 Å². The summed E-state index contributed by atoms with van der Waals surface area (Å²) < 4.78 is 5.60. The number of nitrogens with zero attached hydrogens (tertiary/aromatic N) is 1. The molecule has 7 N–H and O–H groups in total. The summed E-state index contributed by atoms with van der Waals surface area (Å²) in [5, 5.41) is 55.7. The Morgan fingerprint density at radius 3 is 2.49 bits per heavy atom. The second-order valence-electron chi connectivity index (χ2n) is 11.4. The first-order chi connectivity index (χ1) is 20.3. The average molecular weight is 591 g/mol. The molecule has 2 aromatic carbocycles. The minimum absolute atomic E-state index is 0.0317. The highest BCUT2D eigenvalue weighted by atomic mass is 16.5. The van der Waals surface area contributed by atoms with Crippen molar-refractivity contribution in [2.75, 3.05) is 21.2 Å². The van der Waals surface area contributed by atoms with Crippen LogP contribution < -0.4 is 10.5 Å². The second-order valence-corrected chi connectivity index (χ2v) is 11.4. The number of amides is 1. The summed E-state index contributed by atoms with van der Waals surface area (Å²) in [6, 6.07) is 7.03. The van der Waals surface area contributed by atoms with E-state index in [9.17, 15) is 39.9 Å². The molecule has 5 rings (SSSR count). The minimum atomic E-state index is -2.71. The normalized spacial score (nSPS) is 25.7. The number of Topliss-reactive ketones (excluding diaryl/α,β-unsaturated/α-hetero) is 2. The molecule has 0 radical (unpaired) electrons. The van der Waals surface area contributed by atoms with Crippen LogP contribution in [-0.2, 0) is 16.0 Å². The van der Waals surface area contributed by atoms with Crippen molar-refractivity contribution in [3.05, 3.63) is 82.3 Å². The Kier molecular flexibility index (Phi) is 7.45. The predicted octanol–water partition coefficient (Wildman–Crippen LogP) is 2.41. The molecule has 0 bridgehead atoms. The molecule has 226 valence electrons. The van der Waals surface area contributed by atoms with Gasteiger partial charge in [0.15, 0.2) is 11.4 Å². The van der Waals surface area contributed by atoms with E-state index in [-0.39, 0.29) is 29.7 Å². The van der Waals surface area contributed by atoms with E-state index in [1.54, 1.807) is 44.4 Å². The molecule has 3 aliphatic rings. The fourth-order valence-corrected chi connectivity index (χ4v) is 6.94. The third-order valence-electron chi connectivity index (χ3n) is 8.89. The van der Waals surface area contributed by atoms with E-state index in [0.29, 0.717) is 34.4 Å². The number of fused-ring (bicyclic) bond motifs is 3. The van der Waals surface area contributed by atoms with Crippen molar-refractivity contribution in [2.24, 2.45) is 17.6 Å². The number of benzene rings is 2. The number of hydrogen-bond donors (Lipinski definition) is 6. The van der Waals surface area contributed by atoms with E-state index in [1.165, 1.54) is 18.1 Å². The molecule has 43 heavy (non-hydrogen) atoms. The van der Waals surface area contributed by atoms with Gasteiger partial charge >= 0.3 is 0 Å². The first-order valence-corrected chi connectivity index (χ1v) is 13.8. The molecular formula is C32H34N2O9. The summed E-state index contributed by atoms with van der Waals surface area (Å²) in [5.41, 5.74) is 3.60. The largest absolute Gasteiger partial charge is 0.510 e. The molecule has 5 atom stereocenters. The number of nitrogens with two attached hydrogens (primary N) is 1. The molecule has 2 aromatic rings. The molecule has 1 amide bonds. The number of primary amides is 1. The number of carbonyl (C=O) groups is 3. The second kappa shape index (κ2) is 10.7. The number of allylic oxidation sites excluding steroid dienone is 1. The zero-order valence-electron chi connectivity index (χ0n) is 24.0. The van der Waals surface area contributed by atoms with Crippen LogP contribution in [0.15, 0.2) is 65.7 Å². The third kappa shape index (κ3) is 4.34. The third-order valence-corrected chi connectivity index (χ3v) is 8.89. The highest BCUT2D eigenvalue weighted by molar-refractivity contribution is 6.25. The number of likely N-dealkylation sites (N-methyl/N-ethyl adjacent to an activating group) is 1. The highest BCUT2D eigenvalue weighted by Crippen LogP contribution is 2.53. The summed E-state index contributed by atoms with van der Waals surface area (Å²) in [7, 11) is 4.63. The van der Waals surface area contributed by atoms with Gasteiger partial charge in [0.05, 0.1) is 24.8 Å². The lowest BCUT2D eigenvalue weighted by molar-refractivity contribution is -0.148. The Balaban J connectivity index is 1.72. The number of carbonyl (C=O) groups excluding carboxylic acids is 3. The molecule has 0 heterocycles. The lowest BCUT2D eigenvalue weighted by atomic mass is 9.58. The lowest BCUT2D eigenvalue weighted by Crippen LogP contribution is -2.63. The van der Waals surface area contributed by atoms with Gasteiger partial charge in [0.25, 0.3) is 5.91 Å². The lowest BCUT2D eigenvalue weighted by Gasteiger charge is -2.50. The van der Waals surface area contributed by atoms with Crippen molar-refractivity contribution in [2.45, 2.75) is 37.0 Å². The monoisotopic (exact) mass is 590 g/mol. The molecule has 1 unspecified atom stereocenters.